The number of aliphatic carboxylic acids is 1. The summed E-state index contributed by atoms with van der Waals surface area (Å²) in [5.74, 6) is -1.38. The van der Waals surface area contributed by atoms with E-state index < -0.39 is 34.4 Å². The number of aryl methyl sites for hydroxylation is 2. The van der Waals surface area contributed by atoms with E-state index in [1.165, 1.54) is 19.2 Å². The fourth-order valence-electron chi connectivity index (χ4n) is 3.82. The first-order valence-corrected chi connectivity index (χ1v) is 11.1. The van der Waals surface area contributed by atoms with E-state index in [2.05, 4.69) is 20.8 Å². The molecule has 0 spiro atoms. The molecule has 0 saturated carbocycles. The second kappa shape index (κ2) is 11.4. The van der Waals surface area contributed by atoms with Gasteiger partial charge in [-0.3, -0.25) is 20.2 Å². The highest BCUT2D eigenvalue weighted by Crippen LogP contribution is 2.40. The van der Waals surface area contributed by atoms with Crippen LogP contribution in [0.3, 0.4) is 0 Å². The molecule has 3 N–H and O–H groups in total. The molecule has 12 nitrogen and oxygen atoms in total. The standard InChI is InChI=1S/C23H28N6O6/c1-4-5-9-28-23(25-26-27-28)21(16-11-18(29(33)34)22(32)19(12-16)35-3)24-17(13-20(30)31)15-8-6-7-14(2)10-15/h6-8,10-12,17,21,24,32H,4-5,9,13H2,1-3H3,(H,30,31). The summed E-state index contributed by atoms with van der Waals surface area (Å²) in [6.45, 7) is 4.43. The Bertz CT molecular complexity index is 1200. The molecule has 0 saturated heterocycles. The summed E-state index contributed by atoms with van der Waals surface area (Å²) < 4.78 is 6.76. The zero-order valence-electron chi connectivity index (χ0n) is 19.7. The van der Waals surface area contributed by atoms with Gasteiger partial charge >= 0.3 is 11.7 Å². The van der Waals surface area contributed by atoms with E-state index in [4.69, 9.17) is 4.74 Å². The molecule has 3 aromatic rings. The molecule has 0 bridgehead atoms. The third-order valence-electron chi connectivity index (χ3n) is 5.56. The molecule has 186 valence electrons. The largest absolute Gasteiger partial charge is 0.500 e. The summed E-state index contributed by atoms with van der Waals surface area (Å²) in [6.07, 6.45) is 1.43. The summed E-state index contributed by atoms with van der Waals surface area (Å²) >= 11 is 0. The lowest BCUT2D eigenvalue weighted by molar-refractivity contribution is -0.386. The number of rotatable bonds is 12. The molecule has 2 atom stereocenters. The first-order chi connectivity index (χ1) is 16.7. The zero-order valence-corrected chi connectivity index (χ0v) is 19.7. The Morgan fingerprint density at radius 3 is 2.69 bits per heavy atom. The van der Waals surface area contributed by atoms with Crippen LogP contribution in [0.15, 0.2) is 36.4 Å². The van der Waals surface area contributed by atoms with Crippen molar-refractivity contribution in [3.8, 4) is 11.5 Å². The van der Waals surface area contributed by atoms with Crippen molar-refractivity contribution in [1.82, 2.24) is 25.5 Å². The number of benzene rings is 2. The number of carbonyl (C=O) groups is 1. The molecule has 0 aliphatic rings. The SMILES string of the molecule is CCCCn1nnnc1C(NC(CC(=O)O)c1cccc(C)c1)c1cc(OC)c(O)c([N+](=O)[O-])c1. The van der Waals surface area contributed by atoms with Gasteiger partial charge < -0.3 is 14.9 Å². The van der Waals surface area contributed by atoms with Gasteiger partial charge in [-0.1, -0.05) is 43.2 Å². The Balaban J connectivity index is 2.17. The van der Waals surface area contributed by atoms with Crippen LogP contribution in [0, 0.1) is 17.0 Å². The van der Waals surface area contributed by atoms with Crippen LogP contribution in [0.25, 0.3) is 0 Å². The van der Waals surface area contributed by atoms with Crippen LogP contribution in [0.5, 0.6) is 11.5 Å². The summed E-state index contributed by atoms with van der Waals surface area (Å²) in [4.78, 5) is 22.7. The molecule has 0 aliphatic carbocycles. The molecular formula is C23H28N6O6. The van der Waals surface area contributed by atoms with Gasteiger partial charge in [0.25, 0.3) is 0 Å². The number of nitrogens with one attached hydrogen (secondary N) is 1. The van der Waals surface area contributed by atoms with E-state index in [0.717, 1.165) is 24.0 Å². The van der Waals surface area contributed by atoms with Gasteiger partial charge in [0.1, 0.15) is 0 Å². The van der Waals surface area contributed by atoms with E-state index >= 15 is 0 Å². The smallest absolute Gasteiger partial charge is 0.315 e. The number of nitro groups is 1. The van der Waals surface area contributed by atoms with Crippen molar-refractivity contribution >= 4 is 11.7 Å². The number of nitro benzene ring substituents is 1. The van der Waals surface area contributed by atoms with Crippen LogP contribution < -0.4 is 10.1 Å². The zero-order chi connectivity index (χ0) is 25.5. The number of phenols is 1. The Morgan fingerprint density at radius 1 is 1.29 bits per heavy atom. The normalized spacial score (nSPS) is 12.8. The van der Waals surface area contributed by atoms with Crippen LogP contribution >= 0.6 is 0 Å². The fourth-order valence-corrected chi connectivity index (χ4v) is 3.82. The lowest BCUT2D eigenvalue weighted by Crippen LogP contribution is -2.31. The van der Waals surface area contributed by atoms with E-state index in [-0.39, 0.29) is 12.2 Å². The molecule has 35 heavy (non-hydrogen) atoms. The van der Waals surface area contributed by atoms with E-state index in [9.17, 15) is 25.1 Å². The number of tetrazole rings is 1. The number of hydrogen-bond acceptors (Lipinski definition) is 9. The van der Waals surface area contributed by atoms with Gasteiger partial charge in [0.05, 0.1) is 24.5 Å². The lowest BCUT2D eigenvalue weighted by atomic mass is 9.97. The third-order valence-corrected chi connectivity index (χ3v) is 5.56. The Morgan fingerprint density at radius 2 is 2.06 bits per heavy atom. The topological polar surface area (TPSA) is 166 Å². The first-order valence-electron chi connectivity index (χ1n) is 11.1. The van der Waals surface area contributed by atoms with Gasteiger partial charge in [-0.05, 0) is 41.0 Å². The van der Waals surface area contributed by atoms with Gasteiger partial charge in [-0.15, -0.1) is 5.10 Å². The van der Waals surface area contributed by atoms with Crippen molar-refractivity contribution in [1.29, 1.82) is 0 Å². The minimum absolute atomic E-state index is 0.0982. The van der Waals surface area contributed by atoms with Crippen molar-refractivity contribution < 1.29 is 24.7 Å². The molecule has 1 aromatic heterocycles. The van der Waals surface area contributed by atoms with E-state index in [0.29, 0.717) is 17.9 Å². The van der Waals surface area contributed by atoms with Crippen LogP contribution in [-0.4, -0.2) is 48.4 Å². The number of ether oxygens (including phenoxy) is 1. The maximum absolute atomic E-state index is 11.7. The predicted molar refractivity (Wildman–Crippen MR) is 125 cm³/mol. The number of methoxy groups -OCH3 is 1. The Hall–Kier alpha value is -4.06. The van der Waals surface area contributed by atoms with Gasteiger partial charge in [0.2, 0.25) is 5.75 Å². The molecule has 0 radical (unpaired) electrons. The minimum Gasteiger partial charge on any atom is -0.500 e. The van der Waals surface area contributed by atoms with Gasteiger partial charge in [-0.2, -0.15) is 0 Å². The molecule has 3 rings (SSSR count). The summed E-state index contributed by atoms with van der Waals surface area (Å²) in [5.41, 5.74) is 1.46. The quantitative estimate of drug-likeness (QED) is 0.256. The monoisotopic (exact) mass is 484 g/mol. The Kier molecular flexibility index (Phi) is 8.31. The molecule has 2 unspecified atom stereocenters. The van der Waals surface area contributed by atoms with E-state index in [1.807, 2.05) is 38.1 Å². The second-order valence-electron chi connectivity index (χ2n) is 8.13. The minimum atomic E-state index is -1.03. The number of phenolic OH excluding ortho intramolecular Hbond substituents is 1. The number of carboxylic acid groups (broad SMARTS) is 1. The van der Waals surface area contributed by atoms with Crippen LogP contribution in [-0.2, 0) is 11.3 Å². The molecule has 1 heterocycles. The molecule has 0 fully saturated rings. The fraction of sp³-hybridized carbons (Fsp3) is 0.391. The average Bonchev–Trinajstić information content (AvgIpc) is 3.28. The molecule has 12 heteroatoms. The summed E-state index contributed by atoms with van der Waals surface area (Å²) in [5, 5.41) is 46.8. The highest BCUT2D eigenvalue weighted by atomic mass is 16.6. The number of hydrogen-bond donors (Lipinski definition) is 3. The number of unbranched alkanes of at least 4 members (excludes halogenated alkanes) is 1. The van der Waals surface area contributed by atoms with Crippen molar-refractivity contribution in [2.45, 2.75) is 51.7 Å². The van der Waals surface area contributed by atoms with Crippen LogP contribution in [0.4, 0.5) is 5.69 Å². The van der Waals surface area contributed by atoms with Gasteiger partial charge in [0, 0.05) is 18.7 Å². The van der Waals surface area contributed by atoms with Crippen LogP contribution in [0.1, 0.15) is 60.8 Å². The lowest BCUT2D eigenvalue weighted by Gasteiger charge is -2.26. The highest BCUT2D eigenvalue weighted by molar-refractivity contribution is 5.68. The molecule has 2 aromatic carbocycles. The number of nitrogens with zero attached hydrogens (tertiary/aromatic N) is 5. The highest BCUT2D eigenvalue weighted by Gasteiger charge is 2.30. The van der Waals surface area contributed by atoms with Crippen molar-refractivity contribution in [2.75, 3.05) is 7.11 Å². The third kappa shape index (κ3) is 6.09. The maximum atomic E-state index is 11.7. The van der Waals surface area contributed by atoms with Gasteiger partial charge in [0.15, 0.2) is 11.6 Å². The van der Waals surface area contributed by atoms with Gasteiger partial charge in [-0.25, -0.2) is 4.68 Å². The van der Waals surface area contributed by atoms with Crippen molar-refractivity contribution in [3.05, 3.63) is 69.0 Å². The molecule has 0 amide bonds. The first kappa shape index (κ1) is 25.6. The van der Waals surface area contributed by atoms with Crippen molar-refractivity contribution in [3.63, 3.8) is 0 Å². The number of aromatic hydroxyl groups is 1. The average molecular weight is 485 g/mol. The molecular weight excluding hydrogens is 456 g/mol. The summed E-state index contributed by atoms with van der Waals surface area (Å²) in [7, 11) is 1.29. The Labute approximate surface area is 201 Å². The van der Waals surface area contributed by atoms with Crippen LogP contribution in [0.2, 0.25) is 0 Å². The van der Waals surface area contributed by atoms with Crippen molar-refractivity contribution in [2.24, 2.45) is 0 Å². The second-order valence-corrected chi connectivity index (χ2v) is 8.13. The molecule has 0 aliphatic heterocycles. The number of carboxylic acids is 1. The maximum Gasteiger partial charge on any atom is 0.315 e. The predicted octanol–water partition coefficient (Wildman–Crippen LogP) is 3.30. The summed E-state index contributed by atoms with van der Waals surface area (Å²) in [6, 6.07) is 8.55. The number of aromatic nitrogens is 4. The van der Waals surface area contributed by atoms with E-state index in [1.54, 1.807) is 4.68 Å².